The second kappa shape index (κ2) is 11.1. The number of nitrogens with zero attached hydrogens (tertiary/aromatic N) is 2. The Morgan fingerprint density at radius 1 is 1.00 bits per heavy atom. The van der Waals surface area contributed by atoms with Crippen LogP contribution in [-0.4, -0.2) is 44.5 Å². The number of ether oxygens (including phenoxy) is 2. The van der Waals surface area contributed by atoms with Crippen molar-refractivity contribution in [3.8, 4) is 11.5 Å². The van der Waals surface area contributed by atoms with Crippen molar-refractivity contribution in [1.82, 2.24) is 15.5 Å². The van der Waals surface area contributed by atoms with Crippen LogP contribution in [0.3, 0.4) is 0 Å². The van der Waals surface area contributed by atoms with Crippen molar-refractivity contribution in [3.05, 3.63) is 65.3 Å². The smallest absolute Gasteiger partial charge is 0.263 e. The molecule has 0 fully saturated rings. The molecule has 3 rings (SSSR count). The summed E-state index contributed by atoms with van der Waals surface area (Å²) in [5, 5.41) is 14.0. The van der Waals surface area contributed by atoms with Gasteiger partial charge in [-0.2, -0.15) is 0 Å². The highest BCUT2D eigenvalue weighted by atomic mass is 35.5. The lowest BCUT2D eigenvalue weighted by atomic mass is 10.1. The predicted octanol–water partition coefficient (Wildman–Crippen LogP) is 3.48. The number of methoxy groups -OCH3 is 2. The monoisotopic (exact) mass is 507 g/mol. The quantitative estimate of drug-likeness (QED) is 0.374. The summed E-state index contributed by atoms with van der Waals surface area (Å²) in [6.07, 6.45) is 0.721. The third kappa shape index (κ3) is 6.91. The number of halogens is 1. The molecule has 3 N–H and O–H groups in total. The highest BCUT2D eigenvalue weighted by Gasteiger charge is 2.15. The molecule has 0 aliphatic carbocycles. The van der Waals surface area contributed by atoms with Crippen molar-refractivity contribution < 1.29 is 17.9 Å². The van der Waals surface area contributed by atoms with E-state index in [0.717, 1.165) is 12.0 Å². The molecule has 0 atom stereocenters. The molecule has 0 saturated carbocycles. The first-order chi connectivity index (χ1) is 15.8. The van der Waals surface area contributed by atoms with Crippen molar-refractivity contribution in [2.45, 2.75) is 11.3 Å². The van der Waals surface area contributed by atoms with Crippen molar-refractivity contribution in [1.29, 1.82) is 0 Å². The van der Waals surface area contributed by atoms with E-state index in [-0.39, 0.29) is 15.9 Å². The molecule has 1 aromatic heterocycles. The van der Waals surface area contributed by atoms with Gasteiger partial charge in [-0.3, -0.25) is 4.72 Å². The van der Waals surface area contributed by atoms with Gasteiger partial charge in [-0.05, 0) is 72.7 Å². The van der Waals surface area contributed by atoms with Gasteiger partial charge in [0, 0.05) is 12.2 Å². The van der Waals surface area contributed by atoms with Gasteiger partial charge in [0.15, 0.2) is 27.6 Å². The Morgan fingerprint density at radius 3 is 2.36 bits per heavy atom. The maximum atomic E-state index is 12.5. The summed E-state index contributed by atoms with van der Waals surface area (Å²) < 4.78 is 37.9. The molecule has 0 saturated heterocycles. The second-order valence-corrected chi connectivity index (χ2v) is 9.17. The van der Waals surface area contributed by atoms with E-state index >= 15 is 0 Å². The summed E-state index contributed by atoms with van der Waals surface area (Å²) in [6.45, 7) is 0.597. The van der Waals surface area contributed by atoms with Crippen LogP contribution >= 0.6 is 23.8 Å². The fourth-order valence-corrected chi connectivity index (χ4v) is 4.13. The summed E-state index contributed by atoms with van der Waals surface area (Å²) in [7, 11) is -0.630. The fourth-order valence-electron chi connectivity index (χ4n) is 2.82. The zero-order valence-electron chi connectivity index (χ0n) is 17.8. The highest BCUT2D eigenvalue weighted by molar-refractivity contribution is 7.92. The number of nitrogens with one attached hydrogen (secondary N) is 3. The van der Waals surface area contributed by atoms with Crippen molar-refractivity contribution in [2.24, 2.45) is 0 Å². The number of thiocarbonyl (C=S) groups is 1. The lowest BCUT2D eigenvalue weighted by molar-refractivity contribution is 0.354. The molecule has 0 unspecified atom stereocenters. The Morgan fingerprint density at radius 2 is 1.73 bits per heavy atom. The molecule has 0 spiro atoms. The fraction of sp³-hybridized carbons (Fsp3) is 0.190. The van der Waals surface area contributed by atoms with Gasteiger partial charge in [0.05, 0.1) is 19.1 Å². The van der Waals surface area contributed by atoms with E-state index in [4.69, 9.17) is 33.3 Å². The Labute approximate surface area is 202 Å². The molecule has 0 bridgehead atoms. The summed E-state index contributed by atoms with van der Waals surface area (Å²) in [6, 6.07) is 14.7. The third-order valence-corrected chi connectivity index (χ3v) is 6.26. The summed E-state index contributed by atoms with van der Waals surface area (Å²) in [5.41, 5.74) is 1.71. The summed E-state index contributed by atoms with van der Waals surface area (Å²) in [4.78, 5) is 0.0668. The van der Waals surface area contributed by atoms with Gasteiger partial charge in [0.1, 0.15) is 0 Å². The summed E-state index contributed by atoms with van der Waals surface area (Å²) >= 11 is 11.0. The van der Waals surface area contributed by atoms with Crippen LogP contribution in [0.5, 0.6) is 11.5 Å². The molecular weight excluding hydrogens is 486 g/mol. The standard InChI is InChI=1S/C21H22ClN5O4S2/c1-30-17-8-3-14(13-18(17)31-2)11-12-23-21(32)24-15-4-6-16(7-5-15)33(28,29)27-20-10-9-19(22)25-26-20/h3-10,13H,11-12H2,1-2H3,(H,26,27)(H2,23,24,32). The summed E-state index contributed by atoms with van der Waals surface area (Å²) in [5.74, 6) is 1.41. The van der Waals surface area contributed by atoms with Gasteiger partial charge in [-0.1, -0.05) is 17.7 Å². The van der Waals surface area contributed by atoms with Crippen molar-refractivity contribution >= 4 is 50.5 Å². The molecule has 174 valence electrons. The number of aromatic nitrogens is 2. The molecule has 0 aliphatic heterocycles. The van der Waals surface area contributed by atoms with Gasteiger partial charge >= 0.3 is 0 Å². The van der Waals surface area contributed by atoms with Crippen LogP contribution in [0, 0.1) is 0 Å². The minimum absolute atomic E-state index is 0.0668. The molecule has 0 aliphatic rings. The average molecular weight is 508 g/mol. The molecule has 2 aromatic carbocycles. The highest BCUT2D eigenvalue weighted by Crippen LogP contribution is 2.27. The van der Waals surface area contributed by atoms with Gasteiger partial charge in [0.2, 0.25) is 0 Å². The number of hydrogen-bond acceptors (Lipinski definition) is 7. The van der Waals surface area contributed by atoms with E-state index in [2.05, 4.69) is 25.6 Å². The molecule has 12 heteroatoms. The van der Waals surface area contributed by atoms with Gasteiger partial charge < -0.3 is 20.1 Å². The first kappa shape index (κ1) is 24.5. The average Bonchev–Trinajstić information content (AvgIpc) is 2.80. The molecule has 9 nitrogen and oxygen atoms in total. The minimum Gasteiger partial charge on any atom is -0.493 e. The molecule has 33 heavy (non-hydrogen) atoms. The zero-order valence-corrected chi connectivity index (χ0v) is 20.2. The van der Waals surface area contributed by atoms with Crippen molar-refractivity contribution in [3.63, 3.8) is 0 Å². The third-order valence-electron chi connectivity index (χ3n) is 4.44. The SMILES string of the molecule is COc1ccc(CCNC(=S)Nc2ccc(S(=O)(=O)Nc3ccc(Cl)nn3)cc2)cc1OC. The minimum atomic E-state index is -3.82. The van der Waals surface area contributed by atoms with E-state index in [9.17, 15) is 8.42 Å². The van der Waals surface area contributed by atoms with E-state index in [1.165, 1.54) is 24.3 Å². The molecular formula is C21H22ClN5O4S2. The van der Waals surface area contributed by atoms with Crippen LogP contribution in [0.2, 0.25) is 5.15 Å². The topological polar surface area (TPSA) is 114 Å². The lowest BCUT2D eigenvalue weighted by Crippen LogP contribution is -2.30. The number of anilines is 2. The number of hydrogen-bond donors (Lipinski definition) is 3. The Bertz CT molecular complexity index is 1210. The number of sulfonamides is 1. The van der Waals surface area contributed by atoms with Crippen LogP contribution < -0.4 is 24.8 Å². The molecule has 3 aromatic rings. The first-order valence-corrected chi connectivity index (χ1v) is 12.0. The van der Waals surface area contributed by atoms with Gasteiger partial charge in [-0.15, -0.1) is 10.2 Å². The Balaban J connectivity index is 1.52. The van der Waals surface area contributed by atoms with Crippen LogP contribution in [0.1, 0.15) is 5.56 Å². The Hall–Kier alpha value is -3.15. The molecule has 0 radical (unpaired) electrons. The normalized spacial score (nSPS) is 10.9. The van der Waals surface area contributed by atoms with Crippen LogP contribution in [0.15, 0.2) is 59.5 Å². The zero-order chi connectivity index (χ0) is 23.8. The molecule has 1 heterocycles. The largest absolute Gasteiger partial charge is 0.493 e. The first-order valence-electron chi connectivity index (χ1n) is 9.68. The second-order valence-electron chi connectivity index (χ2n) is 6.69. The predicted molar refractivity (Wildman–Crippen MR) is 132 cm³/mol. The van der Waals surface area contributed by atoms with E-state index in [1.54, 1.807) is 26.4 Å². The van der Waals surface area contributed by atoms with Crippen LogP contribution in [0.4, 0.5) is 11.5 Å². The van der Waals surface area contributed by atoms with Gasteiger partial charge in [-0.25, -0.2) is 8.42 Å². The van der Waals surface area contributed by atoms with E-state index in [1.807, 2.05) is 18.2 Å². The maximum absolute atomic E-state index is 12.5. The number of benzene rings is 2. The Kier molecular flexibility index (Phi) is 8.26. The van der Waals surface area contributed by atoms with E-state index < -0.39 is 10.0 Å². The molecule has 0 amide bonds. The maximum Gasteiger partial charge on any atom is 0.263 e. The lowest BCUT2D eigenvalue weighted by Gasteiger charge is -2.13. The van der Waals surface area contributed by atoms with Crippen LogP contribution in [-0.2, 0) is 16.4 Å². The van der Waals surface area contributed by atoms with E-state index in [0.29, 0.717) is 28.8 Å². The number of rotatable bonds is 9. The van der Waals surface area contributed by atoms with Crippen molar-refractivity contribution in [2.75, 3.05) is 30.8 Å². The van der Waals surface area contributed by atoms with Crippen LogP contribution in [0.25, 0.3) is 0 Å². The van der Waals surface area contributed by atoms with Gasteiger partial charge in [0.25, 0.3) is 10.0 Å².